The quantitative estimate of drug-likeness (QED) is 0.366. The van der Waals surface area contributed by atoms with Crippen molar-refractivity contribution in [2.75, 3.05) is 11.5 Å². The van der Waals surface area contributed by atoms with Gasteiger partial charge in [0.1, 0.15) is 0 Å². The molecule has 0 fully saturated rings. The molecule has 0 heterocycles. The standard InChI is InChI=1S/C18H17F3N2O3/c1-2-26-17(25)16(24)12-8-9-13(11-22)15(10-12)23(18(19,20)21)14-6-4-3-5-7-14/h3-10H,2,11,22H2,1H3. The number of alkyl halides is 3. The largest absolute Gasteiger partial charge is 0.489 e. The summed E-state index contributed by atoms with van der Waals surface area (Å²) in [6, 6.07) is 10.6. The summed E-state index contributed by atoms with van der Waals surface area (Å²) in [6.07, 6.45) is -4.77. The van der Waals surface area contributed by atoms with Gasteiger partial charge in [-0.25, -0.2) is 4.79 Å². The number of carbonyl (C=O) groups excluding carboxylic acids is 2. The van der Waals surface area contributed by atoms with Gasteiger partial charge in [0.2, 0.25) is 0 Å². The van der Waals surface area contributed by atoms with Gasteiger partial charge in [-0.15, -0.1) is 13.2 Å². The number of carbonyl (C=O) groups is 2. The summed E-state index contributed by atoms with van der Waals surface area (Å²) in [6.45, 7) is 1.33. The summed E-state index contributed by atoms with van der Waals surface area (Å²) in [5, 5.41) is 0. The van der Waals surface area contributed by atoms with Crippen molar-refractivity contribution in [1.29, 1.82) is 0 Å². The number of halogens is 3. The Kier molecular flexibility index (Phi) is 5.99. The molecule has 138 valence electrons. The van der Waals surface area contributed by atoms with Gasteiger partial charge in [0.25, 0.3) is 5.78 Å². The van der Waals surface area contributed by atoms with E-state index in [-0.39, 0.29) is 40.6 Å². The van der Waals surface area contributed by atoms with Crippen molar-refractivity contribution in [3.63, 3.8) is 0 Å². The second kappa shape index (κ2) is 8.01. The van der Waals surface area contributed by atoms with Crippen molar-refractivity contribution in [2.45, 2.75) is 19.8 Å². The maximum atomic E-state index is 13.7. The third-order valence-corrected chi connectivity index (χ3v) is 3.54. The first-order valence-electron chi connectivity index (χ1n) is 7.76. The molecule has 0 radical (unpaired) electrons. The van der Waals surface area contributed by atoms with E-state index >= 15 is 0 Å². The summed E-state index contributed by atoms with van der Waals surface area (Å²) < 4.78 is 45.8. The SMILES string of the molecule is CCOC(=O)C(=O)c1ccc(CN)c(N(c2ccccc2)C(F)(F)F)c1. The van der Waals surface area contributed by atoms with Gasteiger partial charge in [0.05, 0.1) is 12.3 Å². The van der Waals surface area contributed by atoms with Gasteiger partial charge >= 0.3 is 12.3 Å². The number of para-hydroxylation sites is 1. The van der Waals surface area contributed by atoms with Gasteiger partial charge in [0.15, 0.2) is 0 Å². The monoisotopic (exact) mass is 366 g/mol. The van der Waals surface area contributed by atoms with Crippen LogP contribution in [0, 0.1) is 0 Å². The predicted octanol–water partition coefficient (Wildman–Crippen LogP) is 3.55. The molecular formula is C18H17F3N2O3. The number of ether oxygens (including phenoxy) is 1. The van der Waals surface area contributed by atoms with Crippen LogP contribution in [-0.4, -0.2) is 24.7 Å². The Morgan fingerprint density at radius 3 is 2.31 bits per heavy atom. The highest BCUT2D eigenvalue weighted by Crippen LogP contribution is 2.38. The molecule has 0 unspecified atom stereocenters. The van der Waals surface area contributed by atoms with Crippen LogP contribution in [0.1, 0.15) is 22.8 Å². The normalized spacial score (nSPS) is 11.1. The van der Waals surface area contributed by atoms with Crippen LogP contribution in [0.15, 0.2) is 48.5 Å². The van der Waals surface area contributed by atoms with Gasteiger partial charge in [-0.05, 0) is 30.7 Å². The number of hydrogen-bond donors (Lipinski definition) is 1. The molecule has 0 saturated heterocycles. The second-order valence-electron chi connectivity index (χ2n) is 5.24. The number of hydrogen-bond acceptors (Lipinski definition) is 5. The average molecular weight is 366 g/mol. The number of benzene rings is 2. The Bertz CT molecular complexity index is 792. The first-order chi connectivity index (χ1) is 12.3. The van der Waals surface area contributed by atoms with E-state index in [4.69, 9.17) is 5.73 Å². The minimum atomic E-state index is -4.77. The molecule has 2 N–H and O–H groups in total. The minimum absolute atomic E-state index is 0.0169. The van der Waals surface area contributed by atoms with Crippen LogP contribution >= 0.6 is 0 Å². The van der Waals surface area contributed by atoms with Crippen LogP contribution in [0.3, 0.4) is 0 Å². The highest BCUT2D eigenvalue weighted by Gasteiger charge is 2.40. The Balaban J connectivity index is 2.59. The van der Waals surface area contributed by atoms with Gasteiger partial charge in [-0.1, -0.05) is 30.3 Å². The molecule has 0 atom stereocenters. The lowest BCUT2D eigenvalue weighted by atomic mass is 10.0. The van der Waals surface area contributed by atoms with E-state index in [0.717, 1.165) is 6.07 Å². The summed E-state index contributed by atoms with van der Waals surface area (Å²) in [5.74, 6) is -2.15. The number of esters is 1. The zero-order valence-electron chi connectivity index (χ0n) is 13.9. The topological polar surface area (TPSA) is 72.6 Å². The molecule has 2 aromatic carbocycles. The maximum absolute atomic E-state index is 13.7. The van der Waals surface area contributed by atoms with Crippen LogP contribution in [0.5, 0.6) is 0 Å². The van der Waals surface area contributed by atoms with Crippen molar-refractivity contribution >= 4 is 23.1 Å². The lowest BCUT2D eigenvalue weighted by Gasteiger charge is -2.29. The molecular weight excluding hydrogens is 349 g/mol. The summed E-state index contributed by atoms with van der Waals surface area (Å²) in [5.41, 5.74) is 5.08. The highest BCUT2D eigenvalue weighted by atomic mass is 19.4. The fraction of sp³-hybridized carbons (Fsp3) is 0.222. The van der Waals surface area contributed by atoms with E-state index in [0.29, 0.717) is 0 Å². The van der Waals surface area contributed by atoms with E-state index in [9.17, 15) is 22.8 Å². The Labute approximate surface area is 148 Å². The Morgan fingerprint density at radius 2 is 1.77 bits per heavy atom. The molecule has 26 heavy (non-hydrogen) atoms. The molecule has 8 heteroatoms. The van der Waals surface area contributed by atoms with Crippen molar-refractivity contribution in [3.05, 3.63) is 59.7 Å². The molecule has 0 bridgehead atoms. The molecule has 0 aliphatic heterocycles. The van der Waals surface area contributed by atoms with E-state index in [1.54, 1.807) is 6.07 Å². The Hall–Kier alpha value is -2.87. The van der Waals surface area contributed by atoms with Gasteiger partial charge in [-0.2, -0.15) is 0 Å². The van der Waals surface area contributed by atoms with E-state index in [1.807, 2.05) is 0 Å². The second-order valence-corrected chi connectivity index (χ2v) is 5.24. The van der Waals surface area contributed by atoms with Crippen LogP contribution in [0.25, 0.3) is 0 Å². The first kappa shape index (κ1) is 19.5. The number of nitrogens with two attached hydrogens (primary N) is 1. The fourth-order valence-corrected chi connectivity index (χ4v) is 2.40. The average Bonchev–Trinajstić information content (AvgIpc) is 2.61. The highest BCUT2D eigenvalue weighted by molar-refractivity contribution is 6.40. The van der Waals surface area contributed by atoms with E-state index in [1.165, 1.54) is 43.3 Å². The van der Waals surface area contributed by atoms with Crippen molar-refractivity contribution < 1.29 is 27.5 Å². The first-order valence-corrected chi connectivity index (χ1v) is 7.76. The molecule has 5 nitrogen and oxygen atoms in total. The molecule has 0 aliphatic carbocycles. The van der Waals surface area contributed by atoms with Crippen molar-refractivity contribution in [3.8, 4) is 0 Å². The van der Waals surface area contributed by atoms with Crippen molar-refractivity contribution in [1.82, 2.24) is 0 Å². The third kappa shape index (κ3) is 4.20. The zero-order valence-corrected chi connectivity index (χ0v) is 13.9. The number of nitrogens with zero attached hydrogens (tertiary/aromatic N) is 1. The smallest absolute Gasteiger partial charge is 0.460 e. The van der Waals surface area contributed by atoms with Gasteiger partial charge in [0, 0.05) is 17.8 Å². The molecule has 0 saturated carbocycles. The lowest BCUT2D eigenvalue weighted by molar-refractivity contribution is -0.137. The van der Waals surface area contributed by atoms with Crippen LogP contribution in [0.4, 0.5) is 24.5 Å². The molecule has 2 aromatic rings. The van der Waals surface area contributed by atoms with E-state index in [2.05, 4.69) is 4.74 Å². The van der Waals surface area contributed by atoms with Crippen LogP contribution in [-0.2, 0) is 16.1 Å². The zero-order chi connectivity index (χ0) is 19.3. The molecule has 0 amide bonds. The van der Waals surface area contributed by atoms with Gasteiger partial charge in [-0.3, -0.25) is 9.69 Å². The number of rotatable bonds is 6. The third-order valence-electron chi connectivity index (χ3n) is 3.54. The lowest BCUT2D eigenvalue weighted by Crippen LogP contribution is -2.35. The molecule has 0 aromatic heterocycles. The van der Waals surface area contributed by atoms with E-state index < -0.39 is 18.1 Å². The molecule has 0 aliphatic rings. The molecule has 2 rings (SSSR count). The summed E-state index contributed by atoms with van der Waals surface area (Å²) in [7, 11) is 0. The minimum Gasteiger partial charge on any atom is -0.460 e. The summed E-state index contributed by atoms with van der Waals surface area (Å²) >= 11 is 0. The fourth-order valence-electron chi connectivity index (χ4n) is 2.40. The number of ketones is 1. The maximum Gasteiger partial charge on any atom is 0.489 e. The number of Topliss-reactive ketones (excluding diaryl/α,β-unsaturated/α-hetero) is 1. The predicted molar refractivity (Wildman–Crippen MR) is 89.9 cm³/mol. The van der Waals surface area contributed by atoms with Crippen LogP contribution in [0.2, 0.25) is 0 Å². The molecule has 0 spiro atoms. The van der Waals surface area contributed by atoms with Crippen molar-refractivity contribution in [2.24, 2.45) is 5.73 Å². The summed E-state index contributed by atoms with van der Waals surface area (Å²) in [4.78, 5) is 23.8. The van der Waals surface area contributed by atoms with Crippen LogP contribution < -0.4 is 10.6 Å². The Morgan fingerprint density at radius 1 is 1.12 bits per heavy atom. The van der Waals surface area contributed by atoms with Gasteiger partial charge < -0.3 is 10.5 Å². The number of anilines is 2.